The fourth-order valence-corrected chi connectivity index (χ4v) is 9.09. The Kier molecular flexibility index (Phi) is 8.82. The largest absolute Gasteiger partial charge is 0.461 e. The van der Waals surface area contributed by atoms with E-state index >= 15 is 0 Å². The van der Waals surface area contributed by atoms with Gasteiger partial charge in [-0.2, -0.15) is 92.2 Å². The molecule has 30 heteroatoms. The van der Waals surface area contributed by atoms with Crippen molar-refractivity contribution in [2.24, 2.45) is 0 Å². The van der Waals surface area contributed by atoms with E-state index in [-0.39, 0.29) is 0 Å². The summed E-state index contributed by atoms with van der Waals surface area (Å²) in [7, 11) is -30.5. The van der Waals surface area contributed by atoms with E-state index in [2.05, 4.69) is 0 Å². The van der Waals surface area contributed by atoms with E-state index in [1.165, 1.54) is 0 Å². The summed E-state index contributed by atoms with van der Waals surface area (Å²) in [4.78, 5) is 0. The Labute approximate surface area is 203 Å². The lowest BCUT2D eigenvalue weighted by atomic mass is 10.3. The van der Waals surface area contributed by atoms with Crippen molar-refractivity contribution in [3.63, 3.8) is 0 Å². The maximum Gasteiger partial charge on any atom is 0.461 e. The van der Waals surface area contributed by atoms with Crippen molar-refractivity contribution in [3.8, 4) is 0 Å². The number of halogens is 21. The second kappa shape index (κ2) is 9.19. The van der Waals surface area contributed by atoms with Crippen LogP contribution in [0.4, 0.5) is 92.2 Å². The fraction of sp³-hybridized carbons (Fsp3) is 0.900. The third-order valence-electron chi connectivity index (χ3n) is 3.84. The predicted molar refractivity (Wildman–Crippen MR) is 77.8 cm³/mol. The Hall–Kier alpha value is -1.62. The van der Waals surface area contributed by atoms with Crippen LogP contribution in [0.1, 0.15) is 0 Å². The number of hydrogen-bond donors (Lipinski definition) is 0. The first-order valence-corrected chi connectivity index (χ1v) is 12.1. The van der Waals surface area contributed by atoms with Crippen molar-refractivity contribution in [2.45, 2.75) is 52.1 Å². The second-order valence-corrected chi connectivity index (χ2v) is 13.1. The Morgan fingerprint density at radius 3 is 0.525 bits per heavy atom. The molecule has 0 saturated carbocycles. The van der Waals surface area contributed by atoms with E-state index < -0.39 is 85.5 Å². The summed E-state index contributed by atoms with van der Waals surface area (Å²) in [5.41, 5.74) is 0. The van der Waals surface area contributed by atoms with E-state index in [1.54, 1.807) is 0 Å². The predicted octanol–water partition coefficient (Wildman–Crippen LogP) is 5.05. The first kappa shape index (κ1) is 38.4. The van der Waals surface area contributed by atoms with Gasteiger partial charge in [0.2, 0.25) is 0 Å². The van der Waals surface area contributed by atoms with Crippen LogP contribution in [0.25, 0.3) is 0 Å². The molecular formula is C10F21O6S3. The van der Waals surface area contributed by atoms with Gasteiger partial charge in [-0.25, -0.2) is 25.3 Å². The first-order chi connectivity index (χ1) is 16.6. The van der Waals surface area contributed by atoms with Crippen molar-refractivity contribution in [3.05, 3.63) is 3.91 Å². The molecule has 0 aromatic rings. The molecule has 0 saturated heterocycles. The topological polar surface area (TPSA) is 102 Å². The van der Waals surface area contributed by atoms with Gasteiger partial charge in [-0.05, 0) is 0 Å². The minimum atomic E-state index is -10.2. The third kappa shape index (κ3) is 4.80. The lowest BCUT2D eigenvalue weighted by Gasteiger charge is -2.35. The molecule has 0 aliphatic heterocycles. The summed E-state index contributed by atoms with van der Waals surface area (Å²) in [5, 5.41) is -26.8. The number of hydrogen-bond acceptors (Lipinski definition) is 6. The molecule has 241 valence electrons. The zero-order valence-electron chi connectivity index (χ0n) is 16.6. The quantitative estimate of drug-likeness (QED) is 0.311. The van der Waals surface area contributed by atoms with Crippen LogP contribution < -0.4 is 0 Å². The molecule has 0 aromatic carbocycles. The van der Waals surface area contributed by atoms with Gasteiger partial charge in [-0.1, -0.05) is 0 Å². The van der Waals surface area contributed by atoms with Crippen molar-refractivity contribution < 1.29 is 117 Å². The van der Waals surface area contributed by atoms with Gasteiger partial charge in [-0.15, -0.1) is 0 Å². The monoisotopic (exact) mass is 711 g/mol. The Bertz CT molecular complexity index is 1140. The zero-order chi connectivity index (χ0) is 33.6. The molecule has 1 radical (unpaired) electrons. The van der Waals surface area contributed by atoms with Crippen LogP contribution in [0.15, 0.2) is 0 Å². The first-order valence-electron chi connectivity index (χ1n) is 7.69. The van der Waals surface area contributed by atoms with Crippen molar-refractivity contribution in [2.75, 3.05) is 0 Å². The summed E-state index contributed by atoms with van der Waals surface area (Å²) in [6, 6.07) is 0. The molecule has 0 rings (SSSR count). The third-order valence-corrected chi connectivity index (χ3v) is 11.9. The highest BCUT2D eigenvalue weighted by Crippen LogP contribution is 2.60. The van der Waals surface area contributed by atoms with Gasteiger partial charge in [0.15, 0.2) is 0 Å². The van der Waals surface area contributed by atoms with Gasteiger partial charge in [-0.3, -0.25) is 0 Å². The van der Waals surface area contributed by atoms with E-state index in [0.29, 0.717) is 0 Å². The SMILES string of the molecule is O=S(=O)([C](S(=O)(=O)C(F)(F)C(F)(F)C(F)(F)F)S(=O)(=O)C(F)(F)C(F)(F)C(F)(F)F)C(F)(F)C(F)(F)C(F)(F)F. The van der Waals surface area contributed by atoms with Crippen molar-refractivity contribution in [1.29, 1.82) is 0 Å². The molecule has 6 nitrogen and oxygen atoms in total. The van der Waals surface area contributed by atoms with E-state index in [9.17, 15) is 117 Å². The maximum atomic E-state index is 13.7. The molecule has 0 N–H and O–H groups in total. The van der Waals surface area contributed by atoms with Crippen molar-refractivity contribution >= 4 is 29.5 Å². The van der Waals surface area contributed by atoms with Gasteiger partial charge in [0.1, 0.15) is 0 Å². The maximum absolute atomic E-state index is 13.7. The molecule has 0 bridgehead atoms. The smallest absolute Gasteiger partial charge is 0.219 e. The molecule has 0 spiro atoms. The summed E-state index contributed by atoms with van der Waals surface area (Å²) >= 11 is 0. The van der Waals surface area contributed by atoms with Gasteiger partial charge >= 0.3 is 56.0 Å². The summed E-state index contributed by atoms with van der Waals surface area (Å²) in [6.45, 7) is 0. The highest BCUT2D eigenvalue weighted by Gasteiger charge is 2.90. The lowest BCUT2D eigenvalue weighted by molar-refractivity contribution is -0.332. The van der Waals surface area contributed by atoms with Crippen LogP contribution in [-0.2, 0) is 29.5 Å². The van der Waals surface area contributed by atoms with Gasteiger partial charge in [0, 0.05) is 0 Å². The van der Waals surface area contributed by atoms with E-state index in [4.69, 9.17) is 0 Å². The van der Waals surface area contributed by atoms with Gasteiger partial charge in [0.05, 0.1) is 0 Å². The highest BCUT2D eigenvalue weighted by molar-refractivity contribution is 8.29. The Balaban J connectivity index is 8.44. The molecule has 0 unspecified atom stereocenters. The van der Waals surface area contributed by atoms with Crippen LogP contribution in [0.2, 0.25) is 0 Å². The Morgan fingerprint density at radius 1 is 0.300 bits per heavy atom. The minimum absolute atomic E-state index is 6.54. The molecule has 0 aromatic heterocycles. The normalized spacial score (nSPS) is 16.9. The van der Waals surface area contributed by atoms with Crippen LogP contribution in [0.3, 0.4) is 0 Å². The highest BCUT2D eigenvalue weighted by atomic mass is 32.3. The number of alkyl halides is 21. The standard InChI is InChI=1S/C10F21O6S3/c11-2(12,5(17,18)19)8(26,27)38(32,33)1(39(34,35)9(28,29)3(13,14)6(20,21)22)40(36,37)10(30,31)4(15,16)7(23,24)25. The van der Waals surface area contributed by atoms with E-state index in [0.717, 1.165) is 0 Å². The molecule has 0 fully saturated rings. The molecule has 0 amide bonds. The second-order valence-electron chi connectivity index (χ2n) is 6.53. The van der Waals surface area contributed by atoms with Crippen LogP contribution in [-0.4, -0.2) is 77.3 Å². The number of sulfone groups is 3. The number of rotatable bonds is 9. The zero-order valence-corrected chi connectivity index (χ0v) is 19.1. The van der Waals surface area contributed by atoms with E-state index in [1.807, 2.05) is 0 Å². The van der Waals surface area contributed by atoms with Gasteiger partial charge < -0.3 is 0 Å². The molecular weight excluding hydrogens is 711 g/mol. The average molecular weight is 711 g/mol. The summed E-state index contributed by atoms with van der Waals surface area (Å²) in [5.74, 6) is -26.0. The van der Waals surface area contributed by atoms with Gasteiger partial charge in [0.25, 0.3) is 29.5 Å². The average Bonchev–Trinajstić information content (AvgIpc) is 2.63. The molecule has 40 heavy (non-hydrogen) atoms. The molecule has 0 aliphatic rings. The molecule has 0 aliphatic carbocycles. The van der Waals surface area contributed by atoms with Crippen LogP contribution in [0.5, 0.6) is 0 Å². The van der Waals surface area contributed by atoms with Crippen LogP contribution >= 0.6 is 0 Å². The lowest BCUT2D eigenvalue weighted by Crippen LogP contribution is -2.65. The fourth-order valence-electron chi connectivity index (χ4n) is 1.75. The summed E-state index contributed by atoms with van der Waals surface area (Å²) < 4.78 is 334. The molecule has 0 atom stereocenters. The summed E-state index contributed by atoms with van der Waals surface area (Å²) in [6.07, 6.45) is -24.7. The minimum Gasteiger partial charge on any atom is -0.219 e. The molecule has 0 heterocycles. The van der Waals surface area contributed by atoms with Crippen LogP contribution in [0, 0.1) is 3.91 Å². The Morgan fingerprint density at radius 2 is 0.425 bits per heavy atom. The van der Waals surface area contributed by atoms with Crippen molar-refractivity contribution in [1.82, 2.24) is 0 Å².